The summed E-state index contributed by atoms with van der Waals surface area (Å²) in [5, 5.41) is 19.3. The molecule has 0 saturated heterocycles. The van der Waals surface area contributed by atoms with Crippen molar-refractivity contribution in [3.8, 4) is 0 Å². The van der Waals surface area contributed by atoms with Crippen molar-refractivity contribution < 1.29 is 19.2 Å². The maximum atomic E-state index is 13.4. The third kappa shape index (κ3) is 3.59. The molecule has 102 valence electrons. The van der Waals surface area contributed by atoms with Crippen molar-refractivity contribution in [2.45, 2.75) is 0 Å². The predicted octanol–water partition coefficient (Wildman–Crippen LogP) is 1.35. The average Bonchev–Trinajstić information content (AvgIpc) is 2.37. The molecule has 0 aliphatic carbocycles. The highest BCUT2D eigenvalue weighted by molar-refractivity contribution is 5.94. The van der Waals surface area contributed by atoms with Gasteiger partial charge in [0.2, 0.25) is 5.82 Å². The molecule has 1 rings (SSSR count). The zero-order valence-corrected chi connectivity index (χ0v) is 10.1. The first-order valence-corrected chi connectivity index (χ1v) is 5.46. The number of hydrogen-bond donors (Lipinski definition) is 1. The van der Waals surface area contributed by atoms with Crippen LogP contribution in [0.4, 0.5) is 10.1 Å². The van der Waals surface area contributed by atoms with Gasteiger partial charge in [-0.3, -0.25) is 14.9 Å². The van der Waals surface area contributed by atoms with Crippen LogP contribution in [0.1, 0.15) is 10.4 Å². The summed E-state index contributed by atoms with van der Waals surface area (Å²) in [5.41, 5.74) is -0.702. The molecule has 1 aromatic rings. The molecule has 0 heterocycles. The molecule has 0 saturated carbocycles. The van der Waals surface area contributed by atoms with Gasteiger partial charge < -0.3 is 10.0 Å². The normalized spacial score (nSPS) is 10.0. The second-order valence-corrected chi connectivity index (χ2v) is 3.69. The van der Waals surface area contributed by atoms with E-state index in [4.69, 9.17) is 5.11 Å². The Morgan fingerprint density at radius 1 is 1.58 bits per heavy atom. The van der Waals surface area contributed by atoms with E-state index in [0.717, 1.165) is 12.1 Å². The van der Waals surface area contributed by atoms with Gasteiger partial charge in [-0.2, -0.15) is 4.39 Å². The van der Waals surface area contributed by atoms with Gasteiger partial charge in [-0.05, 0) is 12.1 Å². The van der Waals surface area contributed by atoms with Gasteiger partial charge in [0, 0.05) is 24.7 Å². The number of nitrogens with zero attached hydrogens (tertiary/aromatic N) is 2. The Morgan fingerprint density at radius 2 is 2.26 bits per heavy atom. The number of amides is 1. The van der Waals surface area contributed by atoms with Gasteiger partial charge in [-0.25, -0.2) is 0 Å². The standard InChI is InChI=1S/C12H13FN2O4/c1-2-5-14(6-7-16)12(17)9-3-4-11(15(18)19)10(13)8-9/h2-4,8,16H,1,5-7H2. The fourth-order valence-electron chi connectivity index (χ4n) is 1.52. The van der Waals surface area contributed by atoms with E-state index in [0.29, 0.717) is 0 Å². The number of aliphatic hydroxyl groups excluding tert-OH is 1. The number of carbonyl (C=O) groups is 1. The molecule has 1 N–H and O–H groups in total. The van der Waals surface area contributed by atoms with Crippen LogP contribution in [0.25, 0.3) is 0 Å². The number of hydrogen-bond acceptors (Lipinski definition) is 4. The van der Waals surface area contributed by atoms with Gasteiger partial charge in [0.25, 0.3) is 5.91 Å². The summed E-state index contributed by atoms with van der Waals surface area (Å²) in [4.78, 5) is 22.8. The molecule has 0 atom stereocenters. The topological polar surface area (TPSA) is 83.7 Å². The van der Waals surface area contributed by atoms with Crippen LogP contribution in [-0.2, 0) is 0 Å². The lowest BCUT2D eigenvalue weighted by Gasteiger charge is -2.19. The minimum absolute atomic E-state index is 0.0154. The van der Waals surface area contributed by atoms with Crippen molar-refractivity contribution >= 4 is 11.6 Å². The van der Waals surface area contributed by atoms with E-state index in [-0.39, 0.29) is 25.3 Å². The predicted molar refractivity (Wildman–Crippen MR) is 66.2 cm³/mol. The largest absolute Gasteiger partial charge is 0.395 e. The summed E-state index contributed by atoms with van der Waals surface area (Å²) >= 11 is 0. The number of aliphatic hydroxyl groups is 1. The zero-order chi connectivity index (χ0) is 14.4. The fourth-order valence-corrected chi connectivity index (χ4v) is 1.52. The first kappa shape index (κ1) is 14.8. The number of benzene rings is 1. The second kappa shape index (κ2) is 6.60. The summed E-state index contributed by atoms with van der Waals surface area (Å²) < 4.78 is 13.4. The van der Waals surface area contributed by atoms with E-state index in [1.165, 1.54) is 17.0 Å². The van der Waals surface area contributed by atoms with Crippen molar-refractivity contribution in [1.82, 2.24) is 4.90 Å². The lowest BCUT2D eigenvalue weighted by molar-refractivity contribution is -0.387. The van der Waals surface area contributed by atoms with Crippen molar-refractivity contribution in [1.29, 1.82) is 0 Å². The first-order valence-electron chi connectivity index (χ1n) is 5.46. The molecule has 7 heteroatoms. The van der Waals surface area contributed by atoms with E-state index >= 15 is 0 Å². The molecule has 0 aliphatic rings. The van der Waals surface area contributed by atoms with E-state index < -0.39 is 22.3 Å². The molecule has 0 radical (unpaired) electrons. The van der Waals surface area contributed by atoms with Crippen LogP contribution in [0.3, 0.4) is 0 Å². The summed E-state index contributed by atoms with van der Waals surface area (Å²) in [7, 11) is 0. The number of nitro groups is 1. The molecule has 19 heavy (non-hydrogen) atoms. The number of halogens is 1. The summed E-state index contributed by atoms with van der Waals surface area (Å²) in [6, 6.07) is 2.93. The minimum Gasteiger partial charge on any atom is -0.395 e. The van der Waals surface area contributed by atoms with Gasteiger partial charge in [0.15, 0.2) is 0 Å². The minimum atomic E-state index is -1.07. The summed E-state index contributed by atoms with van der Waals surface area (Å²) in [6.07, 6.45) is 1.47. The van der Waals surface area contributed by atoms with E-state index in [2.05, 4.69) is 6.58 Å². The second-order valence-electron chi connectivity index (χ2n) is 3.69. The van der Waals surface area contributed by atoms with Gasteiger partial charge >= 0.3 is 5.69 Å². The van der Waals surface area contributed by atoms with E-state index in [1.807, 2.05) is 0 Å². The third-order valence-corrected chi connectivity index (χ3v) is 2.40. The van der Waals surface area contributed by atoms with Gasteiger partial charge in [-0.15, -0.1) is 6.58 Å². The van der Waals surface area contributed by atoms with E-state index in [1.54, 1.807) is 0 Å². The highest BCUT2D eigenvalue weighted by Gasteiger charge is 2.19. The van der Waals surface area contributed by atoms with Crippen LogP contribution in [0.2, 0.25) is 0 Å². The maximum Gasteiger partial charge on any atom is 0.304 e. The molecule has 1 aromatic carbocycles. The molecule has 0 fully saturated rings. The fraction of sp³-hybridized carbons (Fsp3) is 0.250. The van der Waals surface area contributed by atoms with Crippen LogP contribution in [-0.4, -0.2) is 40.5 Å². The molecule has 0 unspecified atom stereocenters. The van der Waals surface area contributed by atoms with Gasteiger partial charge in [0.1, 0.15) is 0 Å². The van der Waals surface area contributed by atoms with Crippen molar-refractivity contribution in [2.24, 2.45) is 0 Å². The number of rotatable bonds is 6. The monoisotopic (exact) mass is 268 g/mol. The van der Waals surface area contributed by atoms with Crippen LogP contribution in [0.5, 0.6) is 0 Å². The smallest absolute Gasteiger partial charge is 0.304 e. The van der Waals surface area contributed by atoms with Crippen molar-refractivity contribution in [3.63, 3.8) is 0 Å². The molecule has 6 nitrogen and oxygen atoms in total. The van der Waals surface area contributed by atoms with Crippen molar-refractivity contribution in [2.75, 3.05) is 19.7 Å². The Hall–Kier alpha value is -2.28. The maximum absolute atomic E-state index is 13.4. The highest BCUT2D eigenvalue weighted by atomic mass is 19.1. The Kier molecular flexibility index (Phi) is 5.13. The Morgan fingerprint density at radius 3 is 2.74 bits per heavy atom. The van der Waals surface area contributed by atoms with Crippen LogP contribution < -0.4 is 0 Å². The SMILES string of the molecule is C=CCN(CCO)C(=O)c1ccc([N+](=O)[O-])c(F)c1. The van der Waals surface area contributed by atoms with E-state index in [9.17, 15) is 19.3 Å². The lowest BCUT2D eigenvalue weighted by atomic mass is 10.1. The van der Waals surface area contributed by atoms with Gasteiger partial charge in [-0.1, -0.05) is 6.08 Å². The molecule has 1 amide bonds. The van der Waals surface area contributed by atoms with Gasteiger partial charge in [0.05, 0.1) is 11.5 Å². The van der Waals surface area contributed by atoms with Crippen LogP contribution in [0, 0.1) is 15.9 Å². The molecular weight excluding hydrogens is 255 g/mol. The van der Waals surface area contributed by atoms with Crippen molar-refractivity contribution in [3.05, 3.63) is 52.3 Å². The number of carbonyl (C=O) groups excluding carboxylic acids is 1. The Labute approximate surface area is 108 Å². The molecule has 0 bridgehead atoms. The third-order valence-electron chi connectivity index (χ3n) is 2.40. The van der Waals surface area contributed by atoms with Crippen LogP contribution >= 0.6 is 0 Å². The zero-order valence-electron chi connectivity index (χ0n) is 10.1. The lowest BCUT2D eigenvalue weighted by Crippen LogP contribution is -2.33. The molecular formula is C12H13FN2O4. The Bertz CT molecular complexity index is 505. The molecule has 0 aliphatic heterocycles. The van der Waals surface area contributed by atoms with Crippen LogP contribution in [0.15, 0.2) is 30.9 Å². The molecule has 0 spiro atoms. The highest BCUT2D eigenvalue weighted by Crippen LogP contribution is 2.18. The summed E-state index contributed by atoms with van der Waals surface area (Å²) in [6.45, 7) is 3.50. The summed E-state index contributed by atoms with van der Waals surface area (Å²) in [5.74, 6) is -1.60. The number of nitro benzene ring substituents is 1. The molecule has 0 aromatic heterocycles. The average molecular weight is 268 g/mol. The first-order chi connectivity index (χ1) is 9.01. The quantitative estimate of drug-likeness (QED) is 0.479. The Balaban J connectivity index is 3.01.